The van der Waals surface area contributed by atoms with E-state index in [1.54, 1.807) is 7.11 Å². The lowest BCUT2D eigenvalue weighted by Gasteiger charge is -2.31. The van der Waals surface area contributed by atoms with Crippen molar-refractivity contribution in [1.29, 1.82) is 0 Å². The Hall–Kier alpha value is -3.08. The van der Waals surface area contributed by atoms with E-state index in [1.165, 1.54) is 0 Å². The van der Waals surface area contributed by atoms with Crippen LogP contribution in [0.25, 0.3) is 5.70 Å². The third-order valence-electron chi connectivity index (χ3n) is 5.01. The van der Waals surface area contributed by atoms with Crippen LogP contribution >= 0.6 is 0 Å². The fraction of sp³-hybridized carbons (Fsp3) is 0.200. The molecule has 0 saturated heterocycles. The number of hydrogen-bond acceptors (Lipinski definition) is 3. The number of carbonyl (C=O) groups excluding carboxylic acids is 2. The summed E-state index contributed by atoms with van der Waals surface area (Å²) in [7, 11) is 1.60. The zero-order valence-corrected chi connectivity index (χ0v) is 13.8. The molecule has 0 saturated carbocycles. The summed E-state index contributed by atoms with van der Waals surface area (Å²) >= 11 is 0. The molecule has 0 aromatic heterocycles. The van der Waals surface area contributed by atoms with Gasteiger partial charge < -0.3 is 15.8 Å². The Morgan fingerprint density at radius 1 is 1.16 bits per heavy atom. The molecule has 0 bridgehead atoms. The summed E-state index contributed by atoms with van der Waals surface area (Å²) in [6.07, 6.45) is 0.701. The Balaban J connectivity index is 1.86. The average Bonchev–Trinajstić information content (AvgIpc) is 2.98. The molecule has 1 aliphatic carbocycles. The largest absolute Gasteiger partial charge is 0.497 e. The van der Waals surface area contributed by atoms with Crippen LogP contribution in [0.5, 0.6) is 5.75 Å². The maximum absolute atomic E-state index is 12.6. The first-order valence-electron chi connectivity index (χ1n) is 8.15. The summed E-state index contributed by atoms with van der Waals surface area (Å²) in [5.74, 6) is -1.51. The fourth-order valence-corrected chi connectivity index (χ4v) is 3.85. The van der Waals surface area contributed by atoms with Crippen molar-refractivity contribution in [3.8, 4) is 5.75 Å². The normalized spacial score (nSPS) is 21.4. The summed E-state index contributed by atoms with van der Waals surface area (Å²) in [6.45, 7) is 0. The van der Waals surface area contributed by atoms with Crippen LogP contribution in [-0.4, -0.2) is 18.9 Å². The lowest BCUT2D eigenvalue weighted by molar-refractivity contribution is -0.133. The highest BCUT2D eigenvalue weighted by molar-refractivity contribution is 6.07. The highest BCUT2D eigenvalue weighted by Gasteiger charge is 2.44. The molecule has 4 rings (SSSR count). The standard InChI is InChI=1S/C20H18N2O3/c1-25-13-8-6-11(7-9-13)16-15-10-12-4-2-3-5-14(12)18(15)22-20(24)17(16)19(21)23/h2-9,16-17H,10H2,1H3,(H2,21,23)(H,22,24). The van der Waals surface area contributed by atoms with E-state index in [9.17, 15) is 9.59 Å². The predicted molar refractivity (Wildman–Crippen MR) is 93.6 cm³/mol. The maximum Gasteiger partial charge on any atom is 0.237 e. The smallest absolute Gasteiger partial charge is 0.237 e. The average molecular weight is 334 g/mol. The number of methoxy groups -OCH3 is 1. The maximum atomic E-state index is 12.6. The van der Waals surface area contributed by atoms with E-state index >= 15 is 0 Å². The van der Waals surface area contributed by atoms with Crippen molar-refractivity contribution in [1.82, 2.24) is 5.32 Å². The zero-order valence-electron chi connectivity index (χ0n) is 13.8. The molecule has 126 valence electrons. The molecule has 2 unspecified atom stereocenters. The highest BCUT2D eigenvalue weighted by Crippen LogP contribution is 2.45. The molecule has 5 nitrogen and oxygen atoms in total. The van der Waals surface area contributed by atoms with E-state index in [0.29, 0.717) is 6.42 Å². The Kier molecular flexibility index (Phi) is 3.57. The van der Waals surface area contributed by atoms with E-state index in [4.69, 9.17) is 10.5 Å². The van der Waals surface area contributed by atoms with Crippen molar-refractivity contribution in [2.45, 2.75) is 12.3 Å². The van der Waals surface area contributed by atoms with Crippen molar-refractivity contribution < 1.29 is 14.3 Å². The van der Waals surface area contributed by atoms with Crippen LogP contribution in [0.2, 0.25) is 0 Å². The van der Waals surface area contributed by atoms with E-state index < -0.39 is 11.8 Å². The van der Waals surface area contributed by atoms with Gasteiger partial charge in [0.15, 0.2) is 0 Å². The fourth-order valence-electron chi connectivity index (χ4n) is 3.85. The molecular weight excluding hydrogens is 316 g/mol. The lowest BCUT2D eigenvalue weighted by atomic mass is 9.76. The van der Waals surface area contributed by atoms with Crippen LogP contribution in [-0.2, 0) is 16.0 Å². The van der Waals surface area contributed by atoms with Crippen LogP contribution in [0.4, 0.5) is 0 Å². The van der Waals surface area contributed by atoms with Gasteiger partial charge in [0.25, 0.3) is 0 Å². The zero-order chi connectivity index (χ0) is 17.6. The van der Waals surface area contributed by atoms with Crippen molar-refractivity contribution >= 4 is 17.5 Å². The Morgan fingerprint density at radius 2 is 1.88 bits per heavy atom. The van der Waals surface area contributed by atoms with E-state index in [1.807, 2.05) is 48.5 Å². The van der Waals surface area contributed by atoms with E-state index in [0.717, 1.165) is 33.7 Å². The highest BCUT2D eigenvalue weighted by atomic mass is 16.5. The molecule has 2 aromatic carbocycles. The molecule has 2 amide bonds. The lowest BCUT2D eigenvalue weighted by Crippen LogP contribution is -2.45. The monoisotopic (exact) mass is 334 g/mol. The second-order valence-corrected chi connectivity index (χ2v) is 6.35. The van der Waals surface area contributed by atoms with Crippen LogP contribution in [0, 0.1) is 5.92 Å². The van der Waals surface area contributed by atoms with Crippen LogP contribution in [0.15, 0.2) is 54.1 Å². The molecule has 0 spiro atoms. The van der Waals surface area contributed by atoms with Gasteiger partial charge in [0.2, 0.25) is 11.8 Å². The summed E-state index contributed by atoms with van der Waals surface area (Å²) in [5, 5.41) is 2.90. The Bertz CT molecular complexity index is 899. The molecule has 1 aliphatic heterocycles. The van der Waals surface area contributed by atoms with Gasteiger partial charge in [0.05, 0.1) is 7.11 Å². The van der Waals surface area contributed by atoms with Gasteiger partial charge >= 0.3 is 0 Å². The number of nitrogens with one attached hydrogen (secondary N) is 1. The molecule has 5 heteroatoms. The number of nitrogens with two attached hydrogens (primary N) is 1. The van der Waals surface area contributed by atoms with Crippen molar-refractivity contribution in [3.63, 3.8) is 0 Å². The minimum absolute atomic E-state index is 0.344. The number of amides is 2. The number of rotatable bonds is 3. The van der Waals surface area contributed by atoms with Crippen LogP contribution in [0.1, 0.15) is 22.6 Å². The molecule has 25 heavy (non-hydrogen) atoms. The van der Waals surface area contributed by atoms with Gasteiger partial charge in [0.1, 0.15) is 11.7 Å². The molecule has 2 aromatic rings. The van der Waals surface area contributed by atoms with Gasteiger partial charge in [-0.05, 0) is 35.3 Å². The number of hydrogen-bond donors (Lipinski definition) is 2. The Labute approximate surface area is 145 Å². The minimum atomic E-state index is -0.915. The van der Waals surface area contributed by atoms with E-state index in [-0.39, 0.29) is 11.8 Å². The van der Waals surface area contributed by atoms with Crippen molar-refractivity contribution in [2.75, 3.05) is 7.11 Å². The third-order valence-corrected chi connectivity index (χ3v) is 5.01. The molecule has 0 fully saturated rings. The molecule has 2 aliphatic rings. The topological polar surface area (TPSA) is 81.4 Å². The number of fused-ring (bicyclic) bond motifs is 2. The van der Waals surface area contributed by atoms with Gasteiger partial charge in [0, 0.05) is 17.2 Å². The summed E-state index contributed by atoms with van der Waals surface area (Å²) in [5.41, 5.74) is 10.5. The number of primary amides is 1. The van der Waals surface area contributed by atoms with Crippen molar-refractivity contribution in [2.24, 2.45) is 11.7 Å². The predicted octanol–water partition coefficient (Wildman–Crippen LogP) is 1.98. The van der Waals surface area contributed by atoms with Crippen molar-refractivity contribution in [3.05, 3.63) is 70.8 Å². The second kappa shape index (κ2) is 5.77. The number of carbonyl (C=O) groups is 2. The first-order chi connectivity index (χ1) is 12.1. The van der Waals surface area contributed by atoms with Gasteiger partial charge in [-0.3, -0.25) is 9.59 Å². The number of benzene rings is 2. The van der Waals surface area contributed by atoms with Gasteiger partial charge in [-0.15, -0.1) is 0 Å². The molecular formula is C20H18N2O3. The molecule has 3 N–H and O–H groups in total. The first kappa shape index (κ1) is 15.4. The Morgan fingerprint density at radius 3 is 2.56 bits per heavy atom. The molecule has 2 atom stereocenters. The summed E-state index contributed by atoms with van der Waals surface area (Å²) < 4.78 is 5.21. The quantitative estimate of drug-likeness (QED) is 0.842. The summed E-state index contributed by atoms with van der Waals surface area (Å²) in [6, 6.07) is 15.4. The number of allylic oxidation sites excluding steroid dienone is 1. The molecule has 0 radical (unpaired) electrons. The SMILES string of the molecule is COc1ccc(C2C3=C(NC(=O)C2C(N)=O)c2ccccc2C3)cc1. The van der Waals surface area contributed by atoms with Gasteiger partial charge in [-0.25, -0.2) is 0 Å². The second-order valence-electron chi connectivity index (χ2n) is 6.35. The van der Waals surface area contributed by atoms with Crippen LogP contribution < -0.4 is 15.8 Å². The summed E-state index contributed by atoms with van der Waals surface area (Å²) in [4.78, 5) is 24.7. The minimum Gasteiger partial charge on any atom is -0.497 e. The molecule has 1 heterocycles. The van der Waals surface area contributed by atoms with E-state index in [2.05, 4.69) is 5.32 Å². The van der Waals surface area contributed by atoms with Gasteiger partial charge in [-0.1, -0.05) is 36.4 Å². The first-order valence-corrected chi connectivity index (χ1v) is 8.15. The van der Waals surface area contributed by atoms with Gasteiger partial charge in [-0.2, -0.15) is 0 Å². The van der Waals surface area contributed by atoms with Crippen LogP contribution in [0.3, 0.4) is 0 Å². The third kappa shape index (κ3) is 2.39. The number of ether oxygens (including phenoxy) is 1.